The number of phenolic OH excluding ortho intramolecular Hbond substituents is 1. The molecule has 1 aromatic carbocycles. The molecule has 0 fully saturated rings. The van der Waals surface area contributed by atoms with Crippen LogP contribution < -0.4 is 5.73 Å². The third-order valence-corrected chi connectivity index (χ3v) is 3.05. The summed E-state index contributed by atoms with van der Waals surface area (Å²) in [6, 6.07) is 3.93. The highest BCUT2D eigenvalue weighted by atomic mass is 16.3. The van der Waals surface area contributed by atoms with Gasteiger partial charge in [-0.1, -0.05) is 47.6 Å². The molecule has 0 radical (unpaired) electrons. The van der Waals surface area contributed by atoms with Crippen LogP contribution in [0.1, 0.15) is 58.2 Å². The lowest BCUT2D eigenvalue weighted by atomic mass is 9.74. The van der Waals surface area contributed by atoms with Crippen LogP contribution in [0.15, 0.2) is 12.1 Å². The highest BCUT2D eigenvalue weighted by Crippen LogP contribution is 2.37. The first-order chi connectivity index (χ1) is 7.57. The molecule has 0 aromatic heterocycles. The normalized spacial score (nSPS) is 12.9. The zero-order valence-electron chi connectivity index (χ0n) is 11.9. The van der Waals surface area contributed by atoms with Gasteiger partial charge in [0.1, 0.15) is 5.75 Å². The van der Waals surface area contributed by atoms with Crippen molar-refractivity contribution in [1.29, 1.82) is 0 Å². The van der Waals surface area contributed by atoms with Crippen molar-refractivity contribution < 1.29 is 5.11 Å². The van der Waals surface area contributed by atoms with Crippen molar-refractivity contribution in [2.45, 2.75) is 58.9 Å². The fourth-order valence-corrected chi connectivity index (χ4v) is 2.04. The minimum atomic E-state index is 0.0211. The molecule has 96 valence electrons. The van der Waals surface area contributed by atoms with E-state index in [0.29, 0.717) is 12.3 Å². The Labute approximate surface area is 105 Å². The molecule has 0 bridgehead atoms. The van der Waals surface area contributed by atoms with Gasteiger partial charge in [0.25, 0.3) is 0 Å². The molecule has 1 aromatic rings. The summed E-state index contributed by atoms with van der Waals surface area (Å²) in [7, 11) is 0. The summed E-state index contributed by atoms with van der Waals surface area (Å²) in [6.07, 6.45) is 0. The van der Waals surface area contributed by atoms with E-state index in [-0.39, 0.29) is 10.8 Å². The topological polar surface area (TPSA) is 46.2 Å². The molecule has 0 heterocycles. The Balaban J connectivity index is 3.54. The van der Waals surface area contributed by atoms with Crippen LogP contribution in [0, 0.1) is 0 Å². The summed E-state index contributed by atoms with van der Waals surface area (Å²) in [6.45, 7) is 13.4. The van der Waals surface area contributed by atoms with Crippen LogP contribution in [-0.4, -0.2) is 5.11 Å². The lowest BCUT2D eigenvalue weighted by Crippen LogP contribution is -2.22. The van der Waals surface area contributed by atoms with E-state index < -0.39 is 0 Å². The van der Waals surface area contributed by atoms with Crippen molar-refractivity contribution in [2.75, 3.05) is 0 Å². The van der Waals surface area contributed by atoms with Crippen LogP contribution in [0.3, 0.4) is 0 Å². The second kappa shape index (κ2) is 4.34. The quantitative estimate of drug-likeness (QED) is 0.783. The summed E-state index contributed by atoms with van der Waals surface area (Å²) in [4.78, 5) is 0. The van der Waals surface area contributed by atoms with Gasteiger partial charge >= 0.3 is 0 Å². The summed E-state index contributed by atoms with van der Waals surface area (Å²) in [5, 5.41) is 9.96. The van der Waals surface area contributed by atoms with Gasteiger partial charge in [-0.15, -0.1) is 0 Å². The number of benzene rings is 1. The molecule has 1 rings (SSSR count). The predicted molar refractivity (Wildman–Crippen MR) is 73.4 cm³/mol. The number of hydrogen-bond donors (Lipinski definition) is 2. The fourth-order valence-electron chi connectivity index (χ4n) is 2.04. The first-order valence-corrected chi connectivity index (χ1v) is 6.14. The molecule has 0 amide bonds. The van der Waals surface area contributed by atoms with Gasteiger partial charge < -0.3 is 10.8 Å². The second-order valence-corrected chi connectivity index (χ2v) is 6.73. The zero-order chi connectivity index (χ0) is 13.4. The van der Waals surface area contributed by atoms with E-state index in [0.717, 1.165) is 5.56 Å². The number of phenols is 1. The average molecular weight is 235 g/mol. The van der Waals surface area contributed by atoms with Gasteiger partial charge in [-0.3, -0.25) is 0 Å². The van der Waals surface area contributed by atoms with Gasteiger partial charge in [0.05, 0.1) is 0 Å². The molecule has 0 spiro atoms. The molecule has 2 heteroatoms. The molecule has 0 aliphatic carbocycles. The van der Waals surface area contributed by atoms with E-state index in [4.69, 9.17) is 5.73 Å². The molecular formula is C15H25NO. The summed E-state index contributed by atoms with van der Waals surface area (Å²) in [5.74, 6) is 0.311. The van der Waals surface area contributed by atoms with Crippen molar-refractivity contribution in [3.63, 3.8) is 0 Å². The molecule has 2 nitrogen and oxygen atoms in total. The first kappa shape index (κ1) is 14.0. The van der Waals surface area contributed by atoms with Crippen LogP contribution in [0.25, 0.3) is 0 Å². The average Bonchev–Trinajstić information content (AvgIpc) is 2.14. The maximum atomic E-state index is 9.96. The largest absolute Gasteiger partial charge is 0.508 e. The minimum absolute atomic E-state index is 0.0211. The molecule has 0 aliphatic rings. The second-order valence-electron chi connectivity index (χ2n) is 6.73. The van der Waals surface area contributed by atoms with Crippen molar-refractivity contribution in [3.8, 4) is 5.75 Å². The van der Waals surface area contributed by atoms with Crippen LogP contribution in [-0.2, 0) is 17.4 Å². The Morgan fingerprint density at radius 1 is 0.941 bits per heavy atom. The third kappa shape index (κ3) is 3.01. The molecule has 0 atom stereocenters. The fraction of sp³-hybridized carbons (Fsp3) is 0.600. The lowest BCUT2D eigenvalue weighted by molar-refractivity contribution is 0.459. The van der Waals surface area contributed by atoms with Crippen LogP contribution in [0.2, 0.25) is 0 Å². The third-order valence-electron chi connectivity index (χ3n) is 3.05. The monoisotopic (exact) mass is 235 g/mol. The Morgan fingerprint density at radius 2 is 1.35 bits per heavy atom. The maximum Gasteiger partial charge on any atom is 0.120 e. The van der Waals surface area contributed by atoms with Gasteiger partial charge in [0.15, 0.2) is 0 Å². The molecular weight excluding hydrogens is 210 g/mol. The number of nitrogens with two attached hydrogens (primary N) is 1. The Kier molecular flexibility index (Phi) is 3.58. The van der Waals surface area contributed by atoms with E-state index in [9.17, 15) is 5.11 Å². The molecule has 3 N–H and O–H groups in total. The highest BCUT2D eigenvalue weighted by Gasteiger charge is 2.26. The molecule has 0 saturated carbocycles. The molecule has 0 saturated heterocycles. The first-order valence-electron chi connectivity index (χ1n) is 6.14. The lowest BCUT2D eigenvalue weighted by Gasteiger charge is -2.31. The Bertz CT molecular complexity index is 408. The van der Waals surface area contributed by atoms with Crippen molar-refractivity contribution in [1.82, 2.24) is 0 Å². The summed E-state index contributed by atoms with van der Waals surface area (Å²) >= 11 is 0. The Hall–Kier alpha value is -1.02. The van der Waals surface area contributed by atoms with Crippen LogP contribution >= 0.6 is 0 Å². The van der Waals surface area contributed by atoms with Crippen molar-refractivity contribution >= 4 is 0 Å². The van der Waals surface area contributed by atoms with Crippen molar-refractivity contribution in [3.05, 3.63) is 28.8 Å². The van der Waals surface area contributed by atoms with Gasteiger partial charge in [-0.2, -0.15) is 0 Å². The predicted octanol–water partition coefficient (Wildman–Crippen LogP) is 3.45. The van der Waals surface area contributed by atoms with E-state index in [1.807, 2.05) is 6.07 Å². The SMILES string of the molecule is CC(C)(C)c1cc(O)c(CN)cc1C(C)(C)C. The summed E-state index contributed by atoms with van der Waals surface area (Å²) < 4.78 is 0. The summed E-state index contributed by atoms with van der Waals surface area (Å²) in [5.41, 5.74) is 9.02. The van der Waals surface area contributed by atoms with Gasteiger partial charge in [0.2, 0.25) is 0 Å². The van der Waals surface area contributed by atoms with Gasteiger partial charge in [-0.05, 0) is 28.0 Å². The Morgan fingerprint density at radius 3 is 1.71 bits per heavy atom. The van der Waals surface area contributed by atoms with Gasteiger partial charge in [0, 0.05) is 12.1 Å². The molecule has 0 aliphatic heterocycles. The van der Waals surface area contributed by atoms with E-state index in [2.05, 4.69) is 47.6 Å². The van der Waals surface area contributed by atoms with E-state index in [1.165, 1.54) is 11.1 Å². The minimum Gasteiger partial charge on any atom is -0.508 e. The number of rotatable bonds is 1. The van der Waals surface area contributed by atoms with Crippen molar-refractivity contribution in [2.24, 2.45) is 5.73 Å². The van der Waals surface area contributed by atoms with E-state index >= 15 is 0 Å². The highest BCUT2D eigenvalue weighted by molar-refractivity contribution is 5.47. The number of aromatic hydroxyl groups is 1. The number of hydrogen-bond acceptors (Lipinski definition) is 2. The zero-order valence-corrected chi connectivity index (χ0v) is 11.9. The molecule has 0 unspecified atom stereocenters. The maximum absolute atomic E-state index is 9.96. The van der Waals surface area contributed by atoms with Crippen LogP contribution in [0.5, 0.6) is 5.75 Å². The van der Waals surface area contributed by atoms with E-state index in [1.54, 1.807) is 0 Å². The van der Waals surface area contributed by atoms with Gasteiger partial charge in [-0.25, -0.2) is 0 Å². The molecule has 17 heavy (non-hydrogen) atoms. The standard InChI is InChI=1S/C15H25NO/c1-14(2,3)11-7-10(9-16)13(17)8-12(11)15(4,5)6/h7-8,17H,9,16H2,1-6H3. The smallest absolute Gasteiger partial charge is 0.120 e. The van der Waals surface area contributed by atoms with Crippen LogP contribution in [0.4, 0.5) is 0 Å².